The number of carbonyl (C=O) groups excluding carboxylic acids is 1. The number of anilines is 1. The molecule has 15 heavy (non-hydrogen) atoms. The van der Waals surface area contributed by atoms with Gasteiger partial charge in [0.25, 0.3) is 5.91 Å². The van der Waals surface area contributed by atoms with Gasteiger partial charge in [-0.15, -0.1) is 11.3 Å². The summed E-state index contributed by atoms with van der Waals surface area (Å²) in [6, 6.07) is 0. The van der Waals surface area contributed by atoms with Gasteiger partial charge in [0, 0.05) is 11.1 Å². The summed E-state index contributed by atoms with van der Waals surface area (Å²) in [7, 11) is 0. The van der Waals surface area contributed by atoms with Gasteiger partial charge in [-0.3, -0.25) is 14.9 Å². The number of thiazole rings is 1. The number of nitrogens with zero attached hydrogens (tertiary/aromatic N) is 2. The molecule has 0 aliphatic rings. The standard InChI is InChI=1S/C8H9N5OS/c9-7-6(3-12-13-7)8(14)11-2-5-1-10-4-15-5/h1,3-4H,2H2,(H,11,14)(H3,9,12,13). The number of carbonyl (C=O) groups is 1. The largest absolute Gasteiger partial charge is 0.383 e. The van der Waals surface area contributed by atoms with E-state index in [1.165, 1.54) is 17.5 Å². The Morgan fingerprint density at radius 2 is 2.47 bits per heavy atom. The van der Waals surface area contributed by atoms with Crippen molar-refractivity contribution in [1.29, 1.82) is 0 Å². The summed E-state index contributed by atoms with van der Waals surface area (Å²) in [5.74, 6) is 0.0338. The number of aromatic nitrogens is 3. The van der Waals surface area contributed by atoms with Gasteiger partial charge in [-0.25, -0.2) is 0 Å². The number of H-pyrrole nitrogens is 1. The molecule has 7 heteroatoms. The summed E-state index contributed by atoms with van der Waals surface area (Å²) < 4.78 is 0. The van der Waals surface area contributed by atoms with E-state index in [0.29, 0.717) is 12.1 Å². The third kappa shape index (κ3) is 2.13. The molecule has 0 saturated heterocycles. The van der Waals surface area contributed by atoms with Crippen molar-refractivity contribution < 1.29 is 4.79 Å². The van der Waals surface area contributed by atoms with Crippen molar-refractivity contribution in [2.75, 3.05) is 5.73 Å². The molecule has 2 heterocycles. The molecule has 0 fully saturated rings. The minimum atomic E-state index is -0.241. The zero-order chi connectivity index (χ0) is 10.7. The Morgan fingerprint density at radius 1 is 1.60 bits per heavy atom. The molecular formula is C8H9N5OS. The number of nitrogens with one attached hydrogen (secondary N) is 2. The highest BCUT2D eigenvalue weighted by Gasteiger charge is 2.10. The van der Waals surface area contributed by atoms with Crippen molar-refractivity contribution in [2.24, 2.45) is 0 Å². The normalized spacial score (nSPS) is 10.1. The third-order valence-corrected chi connectivity index (χ3v) is 2.60. The van der Waals surface area contributed by atoms with Gasteiger partial charge in [-0.2, -0.15) is 5.10 Å². The Hall–Kier alpha value is -1.89. The maximum Gasteiger partial charge on any atom is 0.256 e. The van der Waals surface area contributed by atoms with Crippen LogP contribution in [0.5, 0.6) is 0 Å². The monoisotopic (exact) mass is 223 g/mol. The summed E-state index contributed by atoms with van der Waals surface area (Å²) in [5, 5.41) is 8.89. The summed E-state index contributed by atoms with van der Waals surface area (Å²) in [6.45, 7) is 0.453. The molecule has 6 nitrogen and oxygen atoms in total. The Balaban J connectivity index is 1.96. The van der Waals surface area contributed by atoms with Crippen LogP contribution in [-0.4, -0.2) is 21.1 Å². The average Bonchev–Trinajstić information content (AvgIpc) is 2.84. The van der Waals surface area contributed by atoms with E-state index in [-0.39, 0.29) is 11.7 Å². The SMILES string of the molecule is Nc1[nH]ncc1C(=O)NCc1cncs1. The fourth-order valence-corrected chi connectivity index (χ4v) is 1.60. The molecule has 0 radical (unpaired) electrons. The molecule has 0 aliphatic carbocycles. The number of aromatic amines is 1. The summed E-state index contributed by atoms with van der Waals surface area (Å²) in [4.78, 5) is 16.5. The number of hydrogen-bond donors (Lipinski definition) is 3. The molecule has 0 spiro atoms. The zero-order valence-corrected chi connectivity index (χ0v) is 8.54. The Morgan fingerprint density at radius 3 is 3.07 bits per heavy atom. The predicted molar refractivity (Wildman–Crippen MR) is 56.3 cm³/mol. The van der Waals surface area contributed by atoms with Crippen molar-refractivity contribution in [3.63, 3.8) is 0 Å². The predicted octanol–water partition coefficient (Wildman–Crippen LogP) is 0.378. The molecule has 0 aromatic carbocycles. The number of nitrogen functional groups attached to an aromatic ring is 1. The van der Waals surface area contributed by atoms with Gasteiger partial charge in [-0.1, -0.05) is 0 Å². The average molecular weight is 223 g/mol. The molecule has 0 aliphatic heterocycles. The first kappa shape index (κ1) is 9.66. The summed E-state index contributed by atoms with van der Waals surface area (Å²) >= 11 is 1.49. The van der Waals surface area contributed by atoms with Crippen LogP contribution in [0.3, 0.4) is 0 Å². The minimum Gasteiger partial charge on any atom is -0.383 e. The van der Waals surface area contributed by atoms with Crippen molar-refractivity contribution in [3.05, 3.63) is 28.3 Å². The Kier molecular flexibility index (Phi) is 2.64. The lowest BCUT2D eigenvalue weighted by atomic mass is 10.3. The van der Waals surface area contributed by atoms with Crippen LogP contribution in [0.15, 0.2) is 17.9 Å². The lowest BCUT2D eigenvalue weighted by molar-refractivity contribution is 0.0952. The molecule has 0 bridgehead atoms. The van der Waals surface area contributed by atoms with E-state index in [4.69, 9.17) is 5.73 Å². The van der Waals surface area contributed by atoms with E-state index in [0.717, 1.165) is 4.88 Å². The van der Waals surface area contributed by atoms with Gasteiger partial charge in [0.05, 0.1) is 18.3 Å². The number of hydrogen-bond acceptors (Lipinski definition) is 5. The molecule has 0 unspecified atom stereocenters. The summed E-state index contributed by atoms with van der Waals surface area (Å²) in [6.07, 6.45) is 3.11. The molecule has 2 aromatic heterocycles. The summed E-state index contributed by atoms with van der Waals surface area (Å²) in [5.41, 5.74) is 7.58. The fourth-order valence-electron chi connectivity index (χ4n) is 1.07. The molecule has 2 rings (SSSR count). The zero-order valence-electron chi connectivity index (χ0n) is 7.73. The second-order valence-electron chi connectivity index (χ2n) is 2.85. The molecule has 2 aromatic rings. The molecule has 0 atom stereocenters. The topological polar surface area (TPSA) is 96.7 Å². The smallest absolute Gasteiger partial charge is 0.256 e. The van der Waals surface area contributed by atoms with Crippen molar-refractivity contribution in [1.82, 2.24) is 20.5 Å². The van der Waals surface area contributed by atoms with E-state index >= 15 is 0 Å². The first-order valence-corrected chi connectivity index (χ1v) is 5.09. The van der Waals surface area contributed by atoms with E-state index in [1.54, 1.807) is 11.7 Å². The Labute approximate surface area is 89.5 Å². The van der Waals surface area contributed by atoms with Gasteiger partial charge in [0.2, 0.25) is 0 Å². The van der Waals surface area contributed by atoms with Gasteiger partial charge < -0.3 is 11.1 Å². The lowest BCUT2D eigenvalue weighted by Gasteiger charge is -2.01. The van der Waals surface area contributed by atoms with E-state index in [9.17, 15) is 4.79 Å². The van der Waals surface area contributed by atoms with E-state index in [2.05, 4.69) is 20.5 Å². The van der Waals surface area contributed by atoms with Crippen LogP contribution in [0.1, 0.15) is 15.2 Å². The highest BCUT2D eigenvalue weighted by atomic mass is 32.1. The molecule has 78 valence electrons. The quantitative estimate of drug-likeness (QED) is 0.700. The highest BCUT2D eigenvalue weighted by Crippen LogP contribution is 2.08. The van der Waals surface area contributed by atoms with Gasteiger partial charge >= 0.3 is 0 Å². The molecule has 4 N–H and O–H groups in total. The van der Waals surface area contributed by atoms with E-state index in [1.807, 2.05) is 0 Å². The van der Waals surface area contributed by atoms with Crippen molar-refractivity contribution >= 4 is 23.1 Å². The maximum atomic E-state index is 11.6. The van der Waals surface area contributed by atoms with Gasteiger partial charge in [0.15, 0.2) is 0 Å². The Bertz CT molecular complexity index is 449. The third-order valence-electron chi connectivity index (χ3n) is 1.82. The minimum absolute atomic E-state index is 0.241. The van der Waals surface area contributed by atoms with Crippen LogP contribution < -0.4 is 11.1 Å². The molecule has 0 saturated carbocycles. The molecule has 1 amide bonds. The van der Waals surface area contributed by atoms with Crippen LogP contribution in [0.4, 0.5) is 5.82 Å². The van der Waals surface area contributed by atoms with E-state index < -0.39 is 0 Å². The number of rotatable bonds is 3. The molecular weight excluding hydrogens is 214 g/mol. The first-order chi connectivity index (χ1) is 7.27. The van der Waals surface area contributed by atoms with Crippen LogP contribution >= 0.6 is 11.3 Å². The van der Waals surface area contributed by atoms with Crippen LogP contribution in [0.25, 0.3) is 0 Å². The van der Waals surface area contributed by atoms with Crippen molar-refractivity contribution in [3.8, 4) is 0 Å². The first-order valence-electron chi connectivity index (χ1n) is 4.22. The fraction of sp³-hybridized carbons (Fsp3) is 0.125. The second-order valence-corrected chi connectivity index (χ2v) is 3.82. The lowest BCUT2D eigenvalue weighted by Crippen LogP contribution is -2.22. The number of nitrogens with two attached hydrogens (primary N) is 1. The van der Waals surface area contributed by atoms with Crippen LogP contribution in [0.2, 0.25) is 0 Å². The highest BCUT2D eigenvalue weighted by molar-refractivity contribution is 7.09. The maximum absolute atomic E-state index is 11.6. The van der Waals surface area contributed by atoms with Crippen LogP contribution in [-0.2, 0) is 6.54 Å². The number of amides is 1. The van der Waals surface area contributed by atoms with Crippen LogP contribution in [0, 0.1) is 0 Å². The van der Waals surface area contributed by atoms with Gasteiger partial charge in [0.1, 0.15) is 11.4 Å². The second kappa shape index (κ2) is 4.09. The van der Waals surface area contributed by atoms with Gasteiger partial charge in [-0.05, 0) is 0 Å². The van der Waals surface area contributed by atoms with Crippen molar-refractivity contribution in [2.45, 2.75) is 6.54 Å².